The SMILES string of the molecule is CCC(C)c1ccc(OC2CC(O)C2OCCOC)cc1. The molecule has 118 valence electrons. The Balaban J connectivity index is 1.86. The Labute approximate surface area is 127 Å². The second-order valence-corrected chi connectivity index (χ2v) is 5.67. The maximum Gasteiger partial charge on any atom is 0.130 e. The van der Waals surface area contributed by atoms with E-state index in [9.17, 15) is 5.11 Å². The van der Waals surface area contributed by atoms with Crippen LogP contribution in [0.1, 0.15) is 38.2 Å². The van der Waals surface area contributed by atoms with Crippen LogP contribution < -0.4 is 4.74 Å². The minimum atomic E-state index is -0.439. The van der Waals surface area contributed by atoms with Gasteiger partial charge in [0.25, 0.3) is 0 Å². The van der Waals surface area contributed by atoms with E-state index in [1.807, 2.05) is 12.1 Å². The van der Waals surface area contributed by atoms with E-state index in [1.54, 1.807) is 7.11 Å². The van der Waals surface area contributed by atoms with Crippen LogP contribution in [-0.4, -0.2) is 43.7 Å². The summed E-state index contributed by atoms with van der Waals surface area (Å²) in [5.74, 6) is 1.40. The van der Waals surface area contributed by atoms with Crippen molar-refractivity contribution in [1.29, 1.82) is 0 Å². The standard InChI is InChI=1S/C17H26O4/c1-4-12(2)13-5-7-14(8-6-13)21-16-11-15(18)17(16)20-10-9-19-3/h5-8,12,15-18H,4,9-11H2,1-3H3. The van der Waals surface area contributed by atoms with Crippen molar-refractivity contribution < 1.29 is 19.3 Å². The first-order valence-electron chi connectivity index (χ1n) is 7.71. The highest BCUT2D eigenvalue weighted by Gasteiger charge is 2.42. The molecule has 4 unspecified atom stereocenters. The molecule has 2 rings (SSSR count). The van der Waals surface area contributed by atoms with Crippen molar-refractivity contribution >= 4 is 0 Å². The van der Waals surface area contributed by atoms with Crippen molar-refractivity contribution in [2.24, 2.45) is 0 Å². The van der Waals surface area contributed by atoms with Gasteiger partial charge < -0.3 is 19.3 Å². The fourth-order valence-corrected chi connectivity index (χ4v) is 2.44. The number of aliphatic hydroxyl groups is 1. The van der Waals surface area contributed by atoms with E-state index in [2.05, 4.69) is 26.0 Å². The Hall–Kier alpha value is -1.10. The van der Waals surface area contributed by atoms with E-state index < -0.39 is 6.10 Å². The molecule has 4 nitrogen and oxygen atoms in total. The molecular weight excluding hydrogens is 268 g/mol. The fraction of sp³-hybridized carbons (Fsp3) is 0.647. The fourth-order valence-electron chi connectivity index (χ4n) is 2.44. The molecular formula is C17H26O4. The largest absolute Gasteiger partial charge is 0.488 e. The monoisotopic (exact) mass is 294 g/mol. The topological polar surface area (TPSA) is 47.9 Å². The Morgan fingerprint density at radius 1 is 1.24 bits per heavy atom. The van der Waals surface area contributed by atoms with Crippen molar-refractivity contribution in [3.8, 4) is 5.75 Å². The zero-order valence-corrected chi connectivity index (χ0v) is 13.1. The van der Waals surface area contributed by atoms with Gasteiger partial charge in [0.2, 0.25) is 0 Å². The molecule has 0 amide bonds. The quantitative estimate of drug-likeness (QED) is 0.749. The van der Waals surface area contributed by atoms with Crippen LogP contribution in [0.25, 0.3) is 0 Å². The first-order chi connectivity index (χ1) is 10.2. The molecule has 1 saturated carbocycles. The third kappa shape index (κ3) is 4.19. The van der Waals surface area contributed by atoms with Gasteiger partial charge in [0.1, 0.15) is 18.0 Å². The molecule has 0 saturated heterocycles. The molecule has 4 heteroatoms. The summed E-state index contributed by atoms with van der Waals surface area (Å²) in [4.78, 5) is 0. The molecule has 0 radical (unpaired) electrons. The van der Waals surface area contributed by atoms with E-state index in [1.165, 1.54) is 5.56 Å². The smallest absolute Gasteiger partial charge is 0.130 e. The lowest BCUT2D eigenvalue weighted by Gasteiger charge is -2.40. The summed E-state index contributed by atoms with van der Waals surface area (Å²) in [6.07, 6.45) is 0.974. The van der Waals surface area contributed by atoms with Gasteiger partial charge in [-0.3, -0.25) is 0 Å². The molecule has 0 bridgehead atoms. The lowest BCUT2D eigenvalue weighted by molar-refractivity contribution is -0.167. The number of methoxy groups -OCH3 is 1. The Bertz CT molecular complexity index is 417. The van der Waals surface area contributed by atoms with Crippen molar-refractivity contribution in [2.45, 2.75) is 50.9 Å². The van der Waals surface area contributed by atoms with Crippen molar-refractivity contribution in [3.05, 3.63) is 29.8 Å². The number of benzene rings is 1. The first-order valence-corrected chi connectivity index (χ1v) is 7.71. The van der Waals surface area contributed by atoms with Crippen LogP contribution in [0, 0.1) is 0 Å². The van der Waals surface area contributed by atoms with Crippen molar-refractivity contribution in [1.82, 2.24) is 0 Å². The second-order valence-electron chi connectivity index (χ2n) is 5.67. The van der Waals surface area contributed by atoms with Gasteiger partial charge in [-0.25, -0.2) is 0 Å². The van der Waals surface area contributed by atoms with Gasteiger partial charge in [-0.05, 0) is 30.0 Å². The normalized spacial score (nSPS) is 26.2. The predicted molar refractivity (Wildman–Crippen MR) is 81.8 cm³/mol. The molecule has 4 atom stereocenters. The van der Waals surface area contributed by atoms with Gasteiger partial charge >= 0.3 is 0 Å². The predicted octanol–water partition coefficient (Wildman–Crippen LogP) is 2.74. The van der Waals surface area contributed by atoms with Crippen LogP contribution in [0.4, 0.5) is 0 Å². The lowest BCUT2D eigenvalue weighted by Crippen LogP contribution is -2.55. The zero-order valence-electron chi connectivity index (χ0n) is 13.1. The molecule has 0 aliphatic heterocycles. The van der Waals surface area contributed by atoms with Crippen LogP contribution in [-0.2, 0) is 9.47 Å². The number of hydrogen-bond donors (Lipinski definition) is 1. The highest BCUT2D eigenvalue weighted by molar-refractivity contribution is 5.29. The lowest BCUT2D eigenvalue weighted by atomic mass is 9.88. The second kappa shape index (κ2) is 7.78. The minimum absolute atomic E-state index is 0.0775. The Kier molecular flexibility index (Phi) is 6.03. The third-order valence-corrected chi connectivity index (χ3v) is 4.17. The third-order valence-electron chi connectivity index (χ3n) is 4.17. The van der Waals surface area contributed by atoms with Gasteiger partial charge in [0, 0.05) is 13.5 Å². The molecule has 1 aliphatic rings. The van der Waals surface area contributed by atoms with Crippen LogP contribution in [0.15, 0.2) is 24.3 Å². The number of ether oxygens (including phenoxy) is 3. The minimum Gasteiger partial charge on any atom is -0.488 e. The van der Waals surface area contributed by atoms with E-state index in [-0.39, 0.29) is 12.2 Å². The molecule has 0 aromatic heterocycles. The van der Waals surface area contributed by atoms with Crippen LogP contribution in [0.3, 0.4) is 0 Å². The first kappa shape index (κ1) is 16.3. The Morgan fingerprint density at radius 2 is 1.95 bits per heavy atom. The van der Waals surface area contributed by atoms with Gasteiger partial charge in [-0.15, -0.1) is 0 Å². The van der Waals surface area contributed by atoms with Crippen LogP contribution >= 0.6 is 0 Å². The summed E-state index contributed by atoms with van der Waals surface area (Å²) < 4.78 is 16.4. The highest BCUT2D eigenvalue weighted by atomic mass is 16.6. The van der Waals surface area contributed by atoms with E-state index in [4.69, 9.17) is 14.2 Å². The molecule has 0 heterocycles. The molecule has 1 N–H and O–H groups in total. The van der Waals surface area contributed by atoms with Crippen LogP contribution in [0.2, 0.25) is 0 Å². The maximum absolute atomic E-state index is 9.76. The average Bonchev–Trinajstić information content (AvgIpc) is 2.51. The molecule has 21 heavy (non-hydrogen) atoms. The molecule has 1 aliphatic carbocycles. The van der Waals surface area contributed by atoms with Crippen molar-refractivity contribution in [3.63, 3.8) is 0 Å². The van der Waals surface area contributed by atoms with E-state index in [0.717, 1.165) is 12.2 Å². The molecule has 0 spiro atoms. The molecule has 1 aromatic rings. The summed E-state index contributed by atoms with van der Waals surface area (Å²) in [6, 6.07) is 8.22. The van der Waals surface area contributed by atoms with E-state index >= 15 is 0 Å². The highest BCUT2D eigenvalue weighted by Crippen LogP contribution is 2.30. The summed E-state index contributed by atoms with van der Waals surface area (Å²) in [5, 5.41) is 9.76. The molecule has 1 aromatic carbocycles. The van der Waals surface area contributed by atoms with Gasteiger partial charge in [0.15, 0.2) is 0 Å². The van der Waals surface area contributed by atoms with Crippen LogP contribution in [0.5, 0.6) is 5.75 Å². The number of rotatable bonds is 8. The zero-order chi connectivity index (χ0) is 15.2. The maximum atomic E-state index is 9.76. The summed E-state index contributed by atoms with van der Waals surface area (Å²) in [6.45, 7) is 5.41. The van der Waals surface area contributed by atoms with Crippen molar-refractivity contribution in [2.75, 3.05) is 20.3 Å². The summed E-state index contributed by atoms with van der Waals surface area (Å²) in [5.41, 5.74) is 1.33. The Morgan fingerprint density at radius 3 is 2.52 bits per heavy atom. The van der Waals surface area contributed by atoms with Gasteiger partial charge in [0.05, 0.1) is 19.3 Å². The number of hydrogen-bond acceptors (Lipinski definition) is 4. The average molecular weight is 294 g/mol. The molecule has 1 fully saturated rings. The summed E-state index contributed by atoms with van der Waals surface area (Å²) in [7, 11) is 1.63. The van der Waals surface area contributed by atoms with Gasteiger partial charge in [-0.2, -0.15) is 0 Å². The summed E-state index contributed by atoms with van der Waals surface area (Å²) >= 11 is 0. The number of aliphatic hydroxyl groups excluding tert-OH is 1. The van der Waals surface area contributed by atoms with Gasteiger partial charge in [-0.1, -0.05) is 26.0 Å². The van der Waals surface area contributed by atoms with E-state index in [0.29, 0.717) is 25.6 Å².